The summed E-state index contributed by atoms with van der Waals surface area (Å²) in [5.74, 6) is 0. The molecule has 3 nitrogen and oxygen atoms in total. The number of nitrogens with zero attached hydrogens (tertiary/aromatic N) is 2. The van der Waals surface area contributed by atoms with Gasteiger partial charge >= 0.3 is 0 Å². The third kappa shape index (κ3) is 2.71. The molecule has 0 saturated heterocycles. The van der Waals surface area contributed by atoms with Crippen LogP contribution in [0.25, 0.3) is 0 Å². The lowest BCUT2D eigenvalue weighted by molar-refractivity contribution is 0.331. The van der Waals surface area contributed by atoms with E-state index in [1.807, 2.05) is 6.33 Å². The molecule has 0 aliphatic heterocycles. The first kappa shape index (κ1) is 12.6. The van der Waals surface area contributed by atoms with Crippen molar-refractivity contribution in [3.63, 3.8) is 0 Å². The molecule has 1 aliphatic carbocycles. The maximum atomic E-state index is 4.45. The normalized spacial score (nSPS) is 25.8. The van der Waals surface area contributed by atoms with Crippen LogP contribution in [0.1, 0.15) is 56.5 Å². The Bertz CT molecular complexity index is 356. The minimum atomic E-state index is 0.596. The quantitative estimate of drug-likeness (QED) is 0.816. The molecule has 0 radical (unpaired) electrons. The summed E-state index contributed by atoms with van der Waals surface area (Å²) in [6, 6.07) is 1.22. The van der Waals surface area contributed by atoms with Crippen molar-refractivity contribution in [2.75, 3.05) is 6.54 Å². The lowest BCUT2D eigenvalue weighted by atomic mass is 10.0. The molecule has 17 heavy (non-hydrogen) atoms. The number of hydrogen-bond donors (Lipinski definition) is 1. The van der Waals surface area contributed by atoms with Crippen LogP contribution in [0, 0.1) is 13.8 Å². The largest absolute Gasteiger partial charge is 0.330 e. The van der Waals surface area contributed by atoms with E-state index >= 15 is 0 Å². The van der Waals surface area contributed by atoms with E-state index in [1.54, 1.807) is 0 Å². The second-order valence-corrected chi connectivity index (χ2v) is 5.19. The van der Waals surface area contributed by atoms with Gasteiger partial charge in [0.25, 0.3) is 0 Å². The van der Waals surface area contributed by atoms with E-state index in [2.05, 4.69) is 35.6 Å². The highest BCUT2D eigenvalue weighted by Crippen LogP contribution is 2.29. The summed E-state index contributed by atoms with van der Waals surface area (Å²) in [5, 5.41) is 3.66. The molecule has 0 amide bonds. The molecule has 1 aliphatic rings. The number of hydrogen-bond acceptors (Lipinski definition) is 2. The maximum absolute atomic E-state index is 4.45. The number of rotatable bonds is 3. The third-order valence-corrected chi connectivity index (χ3v) is 4.09. The number of aromatic nitrogens is 2. The van der Waals surface area contributed by atoms with Gasteiger partial charge in [-0.1, -0.05) is 26.2 Å². The maximum Gasteiger partial charge on any atom is 0.0954 e. The molecule has 1 heterocycles. The van der Waals surface area contributed by atoms with Crippen LogP contribution in [-0.4, -0.2) is 22.1 Å². The molecule has 1 aromatic heterocycles. The van der Waals surface area contributed by atoms with E-state index < -0.39 is 0 Å². The zero-order valence-corrected chi connectivity index (χ0v) is 11.4. The molecule has 1 saturated carbocycles. The van der Waals surface area contributed by atoms with Crippen LogP contribution in [-0.2, 0) is 0 Å². The van der Waals surface area contributed by atoms with Gasteiger partial charge in [0.1, 0.15) is 0 Å². The van der Waals surface area contributed by atoms with Crippen LogP contribution in [0.4, 0.5) is 0 Å². The predicted octanol–water partition coefficient (Wildman–Crippen LogP) is 2.98. The molecule has 0 bridgehead atoms. The first-order valence-electron chi connectivity index (χ1n) is 6.97. The summed E-state index contributed by atoms with van der Waals surface area (Å²) in [4.78, 5) is 4.45. The van der Waals surface area contributed by atoms with Gasteiger partial charge in [-0.25, -0.2) is 4.98 Å². The Balaban J connectivity index is 2.22. The molecule has 1 fully saturated rings. The molecule has 1 N–H and O–H groups in total. The van der Waals surface area contributed by atoms with Crippen molar-refractivity contribution in [1.82, 2.24) is 14.9 Å². The van der Waals surface area contributed by atoms with Crippen molar-refractivity contribution in [3.05, 3.63) is 17.7 Å². The van der Waals surface area contributed by atoms with Gasteiger partial charge in [0.15, 0.2) is 0 Å². The molecule has 0 spiro atoms. The van der Waals surface area contributed by atoms with Gasteiger partial charge in [-0.15, -0.1) is 0 Å². The molecule has 2 unspecified atom stereocenters. The van der Waals surface area contributed by atoms with E-state index in [0.717, 1.165) is 6.54 Å². The lowest BCUT2D eigenvalue weighted by Gasteiger charge is -2.28. The van der Waals surface area contributed by atoms with Crippen LogP contribution < -0.4 is 5.32 Å². The van der Waals surface area contributed by atoms with Crippen LogP contribution in [0.3, 0.4) is 0 Å². The molecule has 1 aromatic rings. The highest BCUT2D eigenvalue weighted by Gasteiger charge is 2.25. The fraction of sp³-hybridized carbons (Fsp3) is 0.786. The Morgan fingerprint density at radius 3 is 2.71 bits per heavy atom. The molecule has 0 aromatic carbocycles. The van der Waals surface area contributed by atoms with E-state index in [-0.39, 0.29) is 0 Å². The highest BCUT2D eigenvalue weighted by atomic mass is 15.1. The van der Waals surface area contributed by atoms with E-state index in [4.69, 9.17) is 0 Å². The van der Waals surface area contributed by atoms with Gasteiger partial charge in [-0.2, -0.15) is 0 Å². The molecule has 3 heteroatoms. The Morgan fingerprint density at radius 2 is 2.06 bits per heavy atom. The average Bonchev–Trinajstić information content (AvgIpc) is 2.55. The minimum absolute atomic E-state index is 0.596. The molecular weight excluding hydrogens is 210 g/mol. The standard InChI is InChI=1S/C14H25N3/c1-4-15-13-8-6-5-7-9-14(13)17-10-16-11(2)12(17)3/h10,13-15H,4-9H2,1-3H3. The average molecular weight is 235 g/mol. The van der Waals surface area contributed by atoms with Crippen LogP contribution >= 0.6 is 0 Å². The summed E-state index contributed by atoms with van der Waals surface area (Å²) in [5.41, 5.74) is 2.50. The van der Waals surface area contributed by atoms with Gasteiger partial charge in [0.05, 0.1) is 18.1 Å². The highest BCUT2D eigenvalue weighted by molar-refractivity contribution is 5.10. The fourth-order valence-corrected chi connectivity index (χ4v) is 2.97. The predicted molar refractivity (Wildman–Crippen MR) is 71.3 cm³/mol. The SMILES string of the molecule is CCNC1CCCCCC1n1cnc(C)c1C. The van der Waals surface area contributed by atoms with Gasteiger partial charge in [-0.05, 0) is 33.2 Å². The van der Waals surface area contributed by atoms with Gasteiger partial charge in [0, 0.05) is 11.7 Å². The van der Waals surface area contributed by atoms with Crippen LogP contribution in [0.2, 0.25) is 0 Å². The first-order chi connectivity index (χ1) is 8.24. The summed E-state index contributed by atoms with van der Waals surface area (Å²) >= 11 is 0. The van der Waals surface area contributed by atoms with Crippen LogP contribution in [0.5, 0.6) is 0 Å². The van der Waals surface area contributed by atoms with Crippen molar-refractivity contribution in [2.24, 2.45) is 0 Å². The Hall–Kier alpha value is -0.830. The van der Waals surface area contributed by atoms with E-state index in [0.29, 0.717) is 12.1 Å². The van der Waals surface area contributed by atoms with Gasteiger partial charge in [0.2, 0.25) is 0 Å². The smallest absolute Gasteiger partial charge is 0.0954 e. The molecule has 96 valence electrons. The lowest BCUT2D eigenvalue weighted by Crippen LogP contribution is -2.37. The van der Waals surface area contributed by atoms with E-state index in [9.17, 15) is 0 Å². The fourth-order valence-electron chi connectivity index (χ4n) is 2.97. The number of aryl methyl sites for hydroxylation is 1. The first-order valence-corrected chi connectivity index (χ1v) is 6.97. The van der Waals surface area contributed by atoms with Crippen molar-refractivity contribution >= 4 is 0 Å². The Kier molecular flexibility index (Phi) is 4.21. The summed E-state index contributed by atoms with van der Waals surface area (Å²) in [6.45, 7) is 7.56. The summed E-state index contributed by atoms with van der Waals surface area (Å²) in [7, 11) is 0. The number of nitrogens with one attached hydrogen (secondary N) is 1. The second-order valence-electron chi connectivity index (χ2n) is 5.19. The van der Waals surface area contributed by atoms with E-state index in [1.165, 1.54) is 43.5 Å². The Morgan fingerprint density at radius 1 is 1.29 bits per heavy atom. The Labute approximate surface area is 105 Å². The van der Waals surface area contributed by atoms with Crippen molar-refractivity contribution in [2.45, 2.75) is 65.0 Å². The van der Waals surface area contributed by atoms with Crippen molar-refractivity contribution < 1.29 is 0 Å². The third-order valence-electron chi connectivity index (χ3n) is 4.09. The summed E-state index contributed by atoms with van der Waals surface area (Å²) < 4.78 is 2.40. The zero-order chi connectivity index (χ0) is 12.3. The number of imidazole rings is 1. The topological polar surface area (TPSA) is 29.9 Å². The summed E-state index contributed by atoms with van der Waals surface area (Å²) in [6.07, 6.45) is 8.71. The van der Waals surface area contributed by atoms with Crippen LogP contribution in [0.15, 0.2) is 6.33 Å². The zero-order valence-electron chi connectivity index (χ0n) is 11.4. The van der Waals surface area contributed by atoms with Gasteiger partial charge < -0.3 is 9.88 Å². The van der Waals surface area contributed by atoms with Crippen molar-refractivity contribution in [1.29, 1.82) is 0 Å². The monoisotopic (exact) mass is 235 g/mol. The molecule has 2 atom stereocenters. The van der Waals surface area contributed by atoms with Gasteiger partial charge in [-0.3, -0.25) is 0 Å². The molecular formula is C14H25N3. The molecule has 2 rings (SSSR count). The minimum Gasteiger partial charge on any atom is -0.330 e. The number of likely N-dealkylation sites (N-methyl/N-ethyl adjacent to an activating group) is 1. The van der Waals surface area contributed by atoms with Crippen molar-refractivity contribution in [3.8, 4) is 0 Å². The second kappa shape index (κ2) is 5.67.